The molecule has 8 aromatic carbocycles. The first-order valence-electron chi connectivity index (χ1n) is 19.8. The van der Waals surface area contributed by atoms with Crippen molar-refractivity contribution in [1.82, 2.24) is 0 Å². The molecule has 0 atom stereocenters. The molecule has 0 aromatic heterocycles. The molecule has 8 aromatic rings. The van der Waals surface area contributed by atoms with Gasteiger partial charge in [-0.3, -0.25) is 0 Å². The summed E-state index contributed by atoms with van der Waals surface area (Å²) < 4.78 is 0. The molecule has 1 heteroatoms. The number of fused-ring (bicyclic) bond motifs is 11. The summed E-state index contributed by atoms with van der Waals surface area (Å²) in [5, 5.41) is 5.12. The maximum atomic E-state index is 2.55. The predicted molar refractivity (Wildman–Crippen MR) is 228 cm³/mol. The average Bonchev–Trinajstić information content (AvgIpc) is 3.62. The molecule has 0 N–H and O–H groups in total. The Kier molecular flexibility index (Phi) is 6.90. The number of anilines is 3. The van der Waals surface area contributed by atoms with Gasteiger partial charge in [-0.1, -0.05) is 161 Å². The SMILES string of the molecule is CC1(C)c2ccccc2-c2cccc(-c3cccc(N(c4ccc5c(c4)C4(CCCCC4)c4ccccc4-5)c4ccc5c(ccc6ccccc65)c4)c3)c21. The molecule has 1 saturated carbocycles. The minimum absolute atomic E-state index is 0.0845. The molecule has 0 unspecified atom stereocenters. The highest BCUT2D eigenvalue weighted by Gasteiger charge is 2.44. The van der Waals surface area contributed by atoms with Crippen LogP contribution in [0.5, 0.6) is 0 Å². The summed E-state index contributed by atoms with van der Waals surface area (Å²) in [5.74, 6) is 0. The standard InChI is InChI=1S/C53H43N/c1-52(2)48-22-8-6-19-45(48)47-21-13-20-43(51(47)52)36-15-12-16-38(32-36)54(39-26-28-42-37(33-39)25-24-35-14-4-5-17-41(35)42)40-27-29-46-44-18-7-9-23-49(44)53(50(46)34-40)30-10-3-11-31-53/h4-9,12-29,32-34H,3,10-11,30-31H2,1-2H3. The summed E-state index contributed by atoms with van der Waals surface area (Å²) in [7, 11) is 0. The molecular formula is C53H43N. The van der Waals surface area contributed by atoms with Gasteiger partial charge in [-0.15, -0.1) is 0 Å². The largest absolute Gasteiger partial charge is 0.310 e. The Bertz CT molecular complexity index is 2800. The van der Waals surface area contributed by atoms with Crippen LogP contribution in [0.3, 0.4) is 0 Å². The zero-order valence-electron chi connectivity index (χ0n) is 31.1. The van der Waals surface area contributed by atoms with Crippen LogP contribution in [-0.4, -0.2) is 0 Å². The molecule has 0 bridgehead atoms. The van der Waals surface area contributed by atoms with Crippen molar-refractivity contribution < 1.29 is 0 Å². The number of rotatable bonds is 4. The van der Waals surface area contributed by atoms with Crippen molar-refractivity contribution in [2.24, 2.45) is 0 Å². The van der Waals surface area contributed by atoms with Crippen molar-refractivity contribution in [2.75, 3.05) is 4.90 Å². The van der Waals surface area contributed by atoms with Gasteiger partial charge in [0.1, 0.15) is 0 Å². The van der Waals surface area contributed by atoms with E-state index < -0.39 is 0 Å². The summed E-state index contributed by atoms with van der Waals surface area (Å²) in [6.07, 6.45) is 6.33. The highest BCUT2D eigenvalue weighted by molar-refractivity contribution is 6.08. The van der Waals surface area contributed by atoms with Crippen LogP contribution in [-0.2, 0) is 10.8 Å². The molecule has 1 fully saturated rings. The molecule has 0 saturated heterocycles. The molecule has 54 heavy (non-hydrogen) atoms. The number of benzene rings is 8. The van der Waals surface area contributed by atoms with E-state index >= 15 is 0 Å². The van der Waals surface area contributed by atoms with Gasteiger partial charge < -0.3 is 4.90 Å². The maximum Gasteiger partial charge on any atom is 0.0468 e. The first-order valence-corrected chi connectivity index (χ1v) is 19.8. The molecule has 0 heterocycles. The van der Waals surface area contributed by atoms with Gasteiger partial charge in [-0.2, -0.15) is 0 Å². The fraction of sp³-hybridized carbons (Fsp3) is 0.170. The normalized spacial score (nSPS) is 15.9. The van der Waals surface area contributed by atoms with Crippen LogP contribution in [0, 0.1) is 0 Å². The Balaban J connectivity index is 1.11. The number of hydrogen-bond acceptors (Lipinski definition) is 1. The number of hydrogen-bond donors (Lipinski definition) is 0. The zero-order chi connectivity index (χ0) is 36.0. The lowest BCUT2D eigenvalue weighted by Gasteiger charge is -2.36. The van der Waals surface area contributed by atoms with Crippen LogP contribution < -0.4 is 4.90 Å². The second kappa shape index (κ2) is 11.8. The van der Waals surface area contributed by atoms with Crippen molar-refractivity contribution in [2.45, 2.75) is 56.8 Å². The second-order valence-electron chi connectivity index (χ2n) is 16.4. The van der Waals surface area contributed by atoms with E-state index in [2.05, 4.69) is 183 Å². The average molecular weight is 694 g/mol. The van der Waals surface area contributed by atoms with Crippen molar-refractivity contribution in [1.29, 1.82) is 0 Å². The van der Waals surface area contributed by atoms with E-state index in [0.717, 1.165) is 0 Å². The molecule has 0 aliphatic heterocycles. The Morgan fingerprint density at radius 2 is 1.02 bits per heavy atom. The zero-order valence-corrected chi connectivity index (χ0v) is 31.1. The lowest BCUT2D eigenvalue weighted by Crippen LogP contribution is -2.28. The maximum absolute atomic E-state index is 2.55. The van der Waals surface area contributed by atoms with E-state index in [0.29, 0.717) is 0 Å². The fourth-order valence-electron chi connectivity index (χ4n) is 10.8. The van der Waals surface area contributed by atoms with Crippen LogP contribution in [0.4, 0.5) is 17.1 Å². The smallest absolute Gasteiger partial charge is 0.0468 e. The van der Waals surface area contributed by atoms with E-state index in [9.17, 15) is 0 Å². The quantitative estimate of drug-likeness (QED) is 0.166. The number of nitrogens with zero attached hydrogens (tertiary/aromatic N) is 1. The van der Waals surface area contributed by atoms with Gasteiger partial charge >= 0.3 is 0 Å². The molecule has 260 valence electrons. The predicted octanol–water partition coefficient (Wildman–Crippen LogP) is 14.7. The van der Waals surface area contributed by atoms with Crippen molar-refractivity contribution in [3.8, 4) is 33.4 Å². The lowest BCUT2D eigenvalue weighted by atomic mass is 9.68. The Labute approximate surface area is 318 Å². The van der Waals surface area contributed by atoms with Crippen LogP contribution in [0.2, 0.25) is 0 Å². The van der Waals surface area contributed by atoms with Gasteiger partial charge in [0.15, 0.2) is 0 Å². The van der Waals surface area contributed by atoms with E-state index in [4.69, 9.17) is 0 Å². The van der Waals surface area contributed by atoms with Gasteiger partial charge in [0.2, 0.25) is 0 Å². The third kappa shape index (κ3) is 4.51. The summed E-state index contributed by atoms with van der Waals surface area (Å²) in [4.78, 5) is 2.51. The van der Waals surface area contributed by atoms with Crippen molar-refractivity contribution >= 4 is 38.6 Å². The summed E-state index contributed by atoms with van der Waals surface area (Å²) in [5.41, 5.74) is 17.5. The van der Waals surface area contributed by atoms with E-state index in [1.54, 1.807) is 0 Å². The van der Waals surface area contributed by atoms with E-state index in [1.807, 2.05) is 0 Å². The third-order valence-corrected chi connectivity index (χ3v) is 13.2. The summed E-state index contributed by atoms with van der Waals surface area (Å²) in [6.45, 7) is 4.78. The lowest BCUT2D eigenvalue weighted by molar-refractivity contribution is 0.353. The highest BCUT2D eigenvalue weighted by atomic mass is 15.1. The van der Waals surface area contributed by atoms with Crippen LogP contribution >= 0.6 is 0 Å². The van der Waals surface area contributed by atoms with Crippen molar-refractivity contribution in [3.63, 3.8) is 0 Å². The molecule has 1 spiro atoms. The second-order valence-corrected chi connectivity index (χ2v) is 16.4. The highest BCUT2D eigenvalue weighted by Crippen LogP contribution is 2.57. The van der Waals surface area contributed by atoms with Gasteiger partial charge in [0, 0.05) is 27.9 Å². The summed E-state index contributed by atoms with van der Waals surface area (Å²) >= 11 is 0. The minimum Gasteiger partial charge on any atom is -0.310 e. The monoisotopic (exact) mass is 693 g/mol. The van der Waals surface area contributed by atoms with Crippen LogP contribution in [0.1, 0.15) is 68.2 Å². The molecule has 11 rings (SSSR count). The molecule has 3 aliphatic rings. The molecule has 0 radical (unpaired) electrons. The molecule has 3 aliphatic carbocycles. The van der Waals surface area contributed by atoms with Crippen LogP contribution in [0.25, 0.3) is 54.9 Å². The van der Waals surface area contributed by atoms with Crippen LogP contribution in [0.15, 0.2) is 164 Å². The third-order valence-electron chi connectivity index (χ3n) is 13.2. The molecule has 1 nitrogen and oxygen atoms in total. The topological polar surface area (TPSA) is 3.24 Å². The Hall–Kier alpha value is -5.92. The van der Waals surface area contributed by atoms with Gasteiger partial charge in [0.05, 0.1) is 0 Å². The van der Waals surface area contributed by atoms with Crippen molar-refractivity contribution in [3.05, 3.63) is 186 Å². The van der Waals surface area contributed by atoms with Gasteiger partial charge in [-0.25, -0.2) is 0 Å². The van der Waals surface area contributed by atoms with Gasteiger partial charge in [0.25, 0.3) is 0 Å². The Morgan fingerprint density at radius 3 is 1.89 bits per heavy atom. The fourth-order valence-corrected chi connectivity index (χ4v) is 10.8. The first kappa shape index (κ1) is 31.6. The molecule has 0 amide bonds. The van der Waals surface area contributed by atoms with E-state index in [-0.39, 0.29) is 10.8 Å². The minimum atomic E-state index is -0.0946. The molecular weight excluding hydrogens is 651 g/mol. The van der Waals surface area contributed by atoms with E-state index in [1.165, 1.54) is 126 Å². The first-order chi connectivity index (χ1) is 26.5. The summed E-state index contributed by atoms with van der Waals surface area (Å²) in [6, 6.07) is 62.1. The Morgan fingerprint density at radius 1 is 0.407 bits per heavy atom. The van der Waals surface area contributed by atoms with Gasteiger partial charge in [-0.05, 0) is 126 Å².